The molecule has 0 saturated carbocycles. The summed E-state index contributed by atoms with van der Waals surface area (Å²) in [5, 5.41) is 5.72. The van der Waals surface area contributed by atoms with Crippen molar-refractivity contribution in [1.82, 2.24) is 0 Å². The number of aryl methyl sites for hydroxylation is 1. The van der Waals surface area contributed by atoms with Gasteiger partial charge in [-0.15, -0.1) is 0 Å². The number of benzene rings is 2. The molecule has 8 heteroatoms. The van der Waals surface area contributed by atoms with E-state index in [0.29, 0.717) is 17.2 Å². The van der Waals surface area contributed by atoms with Crippen molar-refractivity contribution in [3.05, 3.63) is 46.4 Å². The molecule has 26 heavy (non-hydrogen) atoms. The second kappa shape index (κ2) is 9.10. The Morgan fingerprint density at radius 1 is 1.12 bits per heavy atom. The van der Waals surface area contributed by atoms with Gasteiger partial charge < -0.3 is 25.8 Å². The smallest absolute Gasteiger partial charge is 0.246 e. The summed E-state index contributed by atoms with van der Waals surface area (Å²) in [6.07, 6.45) is 0. The van der Waals surface area contributed by atoms with Gasteiger partial charge >= 0.3 is 0 Å². The Balaban J connectivity index is 1.97. The van der Waals surface area contributed by atoms with Crippen LogP contribution in [0, 0.1) is 6.92 Å². The van der Waals surface area contributed by atoms with Crippen LogP contribution in [0.5, 0.6) is 11.5 Å². The summed E-state index contributed by atoms with van der Waals surface area (Å²) in [7, 11) is 3.11. The molecule has 0 saturated heterocycles. The molecule has 0 bridgehead atoms. The van der Waals surface area contributed by atoms with Gasteiger partial charge in [0.05, 0.1) is 14.2 Å². The first-order chi connectivity index (χ1) is 12.4. The number of hydrogen-bond donors (Lipinski definition) is 3. The van der Waals surface area contributed by atoms with E-state index in [4.69, 9.17) is 15.2 Å². The number of nitrogens with two attached hydrogens (primary N) is 1. The standard InChI is InChI=1S/C18H21BrN4O3/c1-11-4-5-12(19)8-14(11)23-17(24)10-21-18(20)22-13-6-7-15(25-2)16(9-13)26-3/h4-9H,10H2,1-3H3,(H,23,24)(H3,20,21,22). The molecular weight excluding hydrogens is 400 g/mol. The first kappa shape index (κ1) is 19.6. The number of ether oxygens (including phenoxy) is 2. The fourth-order valence-electron chi connectivity index (χ4n) is 2.18. The highest BCUT2D eigenvalue weighted by atomic mass is 79.9. The molecule has 0 atom stereocenters. The average molecular weight is 421 g/mol. The lowest BCUT2D eigenvalue weighted by molar-refractivity contribution is -0.114. The third-order valence-corrected chi connectivity index (χ3v) is 4.02. The molecule has 0 aliphatic carbocycles. The molecule has 2 aromatic carbocycles. The van der Waals surface area contributed by atoms with Crippen LogP contribution in [0.25, 0.3) is 0 Å². The lowest BCUT2D eigenvalue weighted by atomic mass is 10.2. The first-order valence-electron chi connectivity index (χ1n) is 7.78. The Morgan fingerprint density at radius 3 is 2.54 bits per heavy atom. The van der Waals surface area contributed by atoms with Gasteiger partial charge in [0.2, 0.25) is 5.91 Å². The maximum atomic E-state index is 12.1. The van der Waals surface area contributed by atoms with Gasteiger partial charge in [0.15, 0.2) is 17.5 Å². The van der Waals surface area contributed by atoms with Crippen molar-refractivity contribution in [2.75, 3.05) is 31.4 Å². The molecule has 2 rings (SSSR count). The van der Waals surface area contributed by atoms with Gasteiger partial charge in [0.25, 0.3) is 0 Å². The second-order valence-corrected chi connectivity index (χ2v) is 6.32. The number of amides is 1. The molecule has 7 nitrogen and oxygen atoms in total. The van der Waals surface area contributed by atoms with Gasteiger partial charge in [0.1, 0.15) is 6.54 Å². The fourth-order valence-corrected chi connectivity index (χ4v) is 2.54. The SMILES string of the molecule is COc1ccc(NC(N)=NCC(=O)Nc2cc(Br)ccc2C)cc1OC. The van der Waals surface area contributed by atoms with Crippen LogP contribution in [0.2, 0.25) is 0 Å². The maximum Gasteiger partial charge on any atom is 0.246 e. The van der Waals surface area contributed by atoms with Crippen molar-refractivity contribution in [1.29, 1.82) is 0 Å². The van der Waals surface area contributed by atoms with Gasteiger partial charge in [-0.1, -0.05) is 22.0 Å². The van der Waals surface area contributed by atoms with E-state index < -0.39 is 0 Å². The molecule has 4 N–H and O–H groups in total. The summed E-state index contributed by atoms with van der Waals surface area (Å²) < 4.78 is 11.3. The number of halogens is 1. The van der Waals surface area contributed by atoms with Crippen molar-refractivity contribution >= 4 is 39.2 Å². The molecule has 0 aliphatic rings. The number of carbonyl (C=O) groups is 1. The number of hydrogen-bond acceptors (Lipinski definition) is 4. The van der Waals surface area contributed by atoms with Crippen molar-refractivity contribution in [2.24, 2.45) is 10.7 Å². The topological polar surface area (TPSA) is 98.0 Å². The van der Waals surface area contributed by atoms with E-state index >= 15 is 0 Å². The summed E-state index contributed by atoms with van der Waals surface area (Å²) in [6.45, 7) is 1.82. The number of nitrogens with zero attached hydrogens (tertiary/aromatic N) is 1. The van der Waals surface area contributed by atoms with E-state index in [0.717, 1.165) is 15.7 Å². The molecule has 0 spiro atoms. The van der Waals surface area contributed by atoms with E-state index in [1.165, 1.54) is 0 Å². The molecule has 0 unspecified atom stereocenters. The highest BCUT2D eigenvalue weighted by Crippen LogP contribution is 2.29. The Kier molecular flexibility index (Phi) is 6.85. The fraction of sp³-hybridized carbons (Fsp3) is 0.222. The highest BCUT2D eigenvalue weighted by molar-refractivity contribution is 9.10. The molecule has 0 aromatic heterocycles. The average Bonchev–Trinajstić information content (AvgIpc) is 2.63. The molecular formula is C18H21BrN4O3. The van der Waals surface area contributed by atoms with E-state index in [1.54, 1.807) is 32.4 Å². The third-order valence-electron chi connectivity index (χ3n) is 3.52. The minimum atomic E-state index is -0.261. The van der Waals surface area contributed by atoms with Crippen LogP contribution in [0.1, 0.15) is 5.56 Å². The Bertz CT molecular complexity index is 824. The lowest BCUT2D eigenvalue weighted by Gasteiger charge is -2.11. The number of aliphatic imine (C=N–C) groups is 1. The Hall–Kier alpha value is -2.74. The van der Waals surface area contributed by atoms with Crippen molar-refractivity contribution in [3.63, 3.8) is 0 Å². The van der Waals surface area contributed by atoms with Crippen molar-refractivity contribution < 1.29 is 14.3 Å². The van der Waals surface area contributed by atoms with Crippen LogP contribution < -0.4 is 25.8 Å². The Morgan fingerprint density at radius 2 is 1.85 bits per heavy atom. The molecule has 1 amide bonds. The third kappa shape index (κ3) is 5.38. The van der Waals surface area contributed by atoms with E-state index in [-0.39, 0.29) is 18.4 Å². The number of guanidine groups is 1. The van der Waals surface area contributed by atoms with Gasteiger partial charge in [-0.25, -0.2) is 4.99 Å². The monoisotopic (exact) mass is 420 g/mol. The second-order valence-electron chi connectivity index (χ2n) is 5.40. The number of methoxy groups -OCH3 is 2. The number of carbonyl (C=O) groups excluding carboxylic acids is 1. The van der Waals surface area contributed by atoms with E-state index in [9.17, 15) is 4.79 Å². The van der Waals surface area contributed by atoms with Crippen molar-refractivity contribution in [2.45, 2.75) is 6.92 Å². The normalized spacial score (nSPS) is 11.0. The quantitative estimate of drug-likeness (QED) is 0.492. The first-order valence-corrected chi connectivity index (χ1v) is 8.57. The van der Waals surface area contributed by atoms with Crippen LogP contribution >= 0.6 is 15.9 Å². The van der Waals surface area contributed by atoms with Gasteiger partial charge in [-0.05, 0) is 36.8 Å². The van der Waals surface area contributed by atoms with Gasteiger partial charge in [-0.2, -0.15) is 0 Å². The minimum absolute atomic E-state index is 0.0991. The van der Waals surface area contributed by atoms with Gasteiger partial charge in [-0.3, -0.25) is 4.79 Å². The zero-order valence-corrected chi connectivity index (χ0v) is 16.4. The maximum absolute atomic E-state index is 12.1. The number of rotatable bonds is 6. The van der Waals surface area contributed by atoms with Crippen LogP contribution in [-0.2, 0) is 4.79 Å². The zero-order chi connectivity index (χ0) is 19.1. The van der Waals surface area contributed by atoms with E-state index in [1.807, 2.05) is 25.1 Å². The van der Waals surface area contributed by atoms with Crippen LogP contribution in [-0.4, -0.2) is 32.6 Å². The summed E-state index contributed by atoms with van der Waals surface area (Å²) in [4.78, 5) is 16.1. The molecule has 0 aliphatic heterocycles. The molecule has 0 radical (unpaired) electrons. The number of anilines is 2. The summed E-state index contributed by atoms with van der Waals surface area (Å²) >= 11 is 3.38. The summed E-state index contributed by atoms with van der Waals surface area (Å²) in [6, 6.07) is 10.9. The lowest BCUT2D eigenvalue weighted by Crippen LogP contribution is -2.25. The largest absolute Gasteiger partial charge is 0.493 e. The zero-order valence-electron chi connectivity index (χ0n) is 14.8. The van der Waals surface area contributed by atoms with Crippen LogP contribution in [0.15, 0.2) is 45.9 Å². The predicted molar refractivity (Wildman–Crippen MR) is 107 cm³/mol. The summed E-state index contributed by atoms with van der Waals surface area (Å²) in [5.41, 5.74) is 8.20. The Labute approximate surface area is 160 Å². The summed E-state index contributed by atoms with van der Waals surface area (Å²) in [5.74, 6) is 1.03. The van der Waals surface area contributed by atoms with Crippen LogP contribution in [0.3, 0.4) is 0 Å². The molecule has 138 valence electrons. The van der Waals surface area contributed by atoms with E-state index in [2.05, 4.69) is 31.6 Å². The van der Waals surface area contributed by atoms with Gasteiger partial charge in [0, 0.05) is 21.9 Å². The molecule has 0 heterocycles. The molecule has 0 fully saturated rings. The molecule has 2 aromatic rings. The predicted octanol–water partition coefficient (Wildman–Crippen LogP) is 3.14. The highest BCUT2D eigenvalue weighted by Gasteiger charge is 2.07. The minimum Gasteiger partial charge on any atom is -0.493 e. The van der Waals surface area contributed by atoms with Crippen molar-refractivity contribution in [3.8, 4) is 11.5 Å². The van der Waals surface area contributed by atoms with Crippen LogP contribution in [0.4, 0.5) is 11.4 Å². The number of nitrogens with one attached hydrogen (secondary N) is 2.